The minimum atomic E-state index is -0.429. The van der Waals surface area contributed by atoms with Gasteiger partial charge in [0.2, 0.25) is 12.3 Å². The van der Waals surface area contributed by atoms with Crippen LogP contribution in [0.2, 0.25) is 10.0 Å². The van der Waals surface area contributed by atoms with Gasteiger partial charge in [-0.05, 0) is 182 Å². The summed E-state index contributed by atoms with van der Waals surface area (Å²) in [4.78, 5) is 56.0. The molecule has 3 aromatic carbocycles. The first-order valence-electron chi connectivity index (χ1n) is 28.4. The predicted octanol–water partition coefficient (Wildman–Crippen LogP) is 10.7. The van der Waals surface area contributed by atoms with E-state index in [-0.39, 0.29) is 5.91 Å². The van der Waals surface area contributed by atoms with Crippen LogP contribution in [-0.2, 0) is 29.2 Å². The van der Waals surface area contributed by atoms with E-state index in [0.717, 1.165) is 158 Å². The van der Waals surface area contributed by atoms with Crippen molar-refractivity contribution < 1.29 is 28.9 Å². The molecule has 12 rings (SSSR count). The Labute approximate surface area is 534 Å². The minimum Gasteiger partial charge on any atom is -0.497 e. The van der Waals surface area contributed by atoms with Crippen molar-refractivity contribution in [3.8, 4) is 17.2 Å². The first-order chi connectivity index (χ1) is 42.2. The van der Waals surface area contributed by atoms with E-state index in [1.807, 2.05) is 77.7 Å². The molecule has 3 atom stereocenters. The number of aliphatic hydroxyl groups excluding tert-OH is 1. The van der Waals surface area contributed by atoms with Crippen molar-refractivity contribution in [2.24, 2.45) is 17.8 Å². The topological polar surface area (TPSA) is 271 Å². The molecule has 0 saturated carbocycles. The summed E-state index contributed by atoms with van der Waals surface area (Å²) in [5.41, 5.74) is 23.3. The van der Waals surface area contributed by atoms with E-state index >= 15 is 0 Å². The Morgan fingerprint density at radius 3 is 1.51 bits per heavy atom. The summed E-state index contributed by atoms with van der Waals surface area (Å²) in [6.07, 6.45) is 12.2. The second-order valence-corrected chi connectivity index (χ2v) is 25.9. The van der Waals surface area contributed by atoms with Gasteiger partial charge < -0.3 is 65.3 Å². The summed E-state index contributed by atoms with van der Waals surface area (Å²) in [7, 11) is 4.92. The third-order valence-electron chi connectivity index (χ3n) is 15.7. The number of nitrogens with two attached hydrogens (primary N) is 3. The second-order valence-electron chi connectivity index (χ2n) is 21.2. The van der Waals surface area contributed by atoms with Crippen LogP contribution in [0.1, 0.15) is 38.5 Å². The summed E-state index contributed by atoms with van der Waals surface area (Å²) in [6, 6.07) is 22.8. The van der Waals surface area contributed by atoms with Gasteiger partial charge in [0.15, 0.2) is 32.9 Å². The second kappa shape index (κ2) is 29.5. The monoisotopic (exact) mass is 1340 g/mol. The highest BCUT2D eigenvalue weighted by molar-refractivity contribution is 9.10. The number of rotatable bonds is 20. The number of nitrogen functional groups attached to an aromatic ring is 3. The molecular weight excluding hydrogens is 1270 g/mol. The van der Waals surface area contributed by atoms with E-state index in [9.17, 15) is 9.59 Å². The maximum Gasteiger partial charge on any atom is 0.248 e. The number of benzene rings is 3. The van der Waals surface area contributed by atoms with E-state index in [4.69, 9.17) is 74.7 Å². The lowest BCUT2D eigenvalue weighted by atomic mass is 10.1. The SMILES string of the molecule is COc1ccc(Br)c(Sc2nc3c(N)nccc3n2CCC2CCN(C(=O)CO)C2)c1.COc1ccc(Cl)c(Sc2nc3c(N)nccc3n2CCC2CCN(C=O)C2)c1.COc1ccc(Cl)c(Sc2nc3c(N)nccc3n2CCC2CCNC2)c1. The lowest BCUT2D eigenvalue weighted by Crippen LogP contribution is -2.31. The molecule has 9 heterocycles. The molecule has 0 radical (unpaired) electrons. The number of imidazole rings is 3. The molecule has 87 heavy (non-hydrogen) atoms. The van der Waals surface area contributed by atoms with E-state index in [0.29, 0.717) is 69.4 Å². The molecule has 0 bridgehead atoms. The van der Waals surface area contributed by atoms with Crippen LogP contribution in [0.5, 0.6) is 17.2 Å². The van der Waals surface area contributed by atoms with Gasteiger partial charge in [-0.15, -0.1) is 0 Å². The molecule has 458 valence electrons. The van der Waals surface area contributed by atoms with Gasteiger partial charge in [-0.1, -0.05) is 35.0 Å². The molecule has 27 heteroatoms. The van der Waals surface area contributed by atoms with Gasteiger partial charge in [0, 0.05) is 83.6 Å². The van der Waals surface area contributed by atoms with Crippen LogP contribution in [0.3, 0.4) is 0 Å². The number of aryl methyl sites for hydroxylation is 3. The highest BCUT2D eigenvalue weighted by Crippen LogP contribution is 2.41. The molecule has 8 N–H and O–H groups in total. The van der Waals surface area contributed by atoms with Crippen molar-refractivity contribution in [3.05, 3.63) is 106 Å². The van der Waals surface area contributed by atoms with Crippen molar-refractivity contribution in [1.82, 2.24) is 58.7 Å². The lowest BCUT2D eigenvalue weighted by Gasteiger charge is -2.16. The van der Waals surface area contributed by atoms with Crippen LogP contribution in [0.4, 0.5) is 17.5 Å². The summed E-state index contributed by atoms with van der Waals surface area (Å²) in [5, 5.41) is 16.3. The zero-order valence-corrected chi connectivity index (χ0v) is 53.8. The van der Waals surface area contributed by atoms with Crippen LogP contribution in [0, 0.1) is 17.8 Å². The number of hydrogen-bond donors (Lipinski definition) is 5. The molecule has 3 aliphatic heterocycles. The number of anilines is 3. The molecule has 9 aromatic rings. The average Bonchev–Trinajstić information content (AvgIpc) is 3.77. The number of methoxy groups -OCH3 is 3. The Kier molecular flexibility index (Phi) is 21.5. The number of carbonyl (C=O) groups excluding carboxylic acids is 2. The van der Waals surface area contributed by atoms with Crippen LogP contribution in [0.25, 0.3) is 33.1 Å². The number of ether oxygens (including phenoxy) is 3. The van der Waals surface area contributed by atoms with Gasteiger partial charge in [-0.3, -0.25) is 9.59 Å². The zero-order chi connectivity index (χ0) is 61.1. The number of fused-ring (bicyclic) bond motifs is 3. The van der Waals surface area contributed by atoms with E-state index < -0.39 is 6.61 Å². The molecule has 2 amide bonds. The maximum absolute atomic E-state index is 11.8. The molecule has 6 aromatic heterocycles. The standard InChI is InChI=1S/C21H24BrN5O3S.C20H22ClN5O2S.C19H22ClN5OS/c1-30-14-2-3-15(22)17(10-14)31-21-25-19-16(4-7-24-20(19)23)27(21)9-6-13-5-8-26(11-13)18(29)12-28;1-28-14-2-3-15(21)17(10-14)29-20-24-18-16(4-7-23-19(18)22)26(20)9-6-13-5-8-25(11-13)12-27;1-26-13-2-3-14(20)16(10-13)27-19-24-17-15(5-8-23-18(17)21)25(19)9-6-12-4-7-22-11-12/h2-4,7,10,13,28H,5-6,8-9,11-12H2,1H3,(H2,23,24);2-4,7,10,12-13H,5-6,8-9,11H2,1H3,(H2,22,23);2-3,5,8,10,12,22H,4,6-7,9,11H2,1H3,(H2,21,23). The number of nitrogens with zero attached hydrogens (tertiary/aromatic N) is 11. The fraction of sp³-hybridized carbons (Fsp3) is 0.367. The Morgan fingerprint density at radius 2 is 1.07 bits per heavy atom. The summed E-state index contributed by atoms with van der Waals surface area (Å²) >= 11 is 21.0. The third kappa shape index (κ3) is 15.2. The fourth-order valence-corrected chi connectivity index (χ4v) is 14.8. The normalized spacial score (nSPS) is 16.5. The van der Waals surface area contributed by atoms with Gasteiger partial charge in [0.05, 0.1) is 47.9 Å². The van der Waals surface area contributed by atoms with Gasteiger partial charge in [0.1, 0.15) is 40.4 Å². The lowest BCUT2D eigenvalue weighted by molar-refractivity contribution is -0.133. The molecule has 3 saturated heterocycles. The quantitative estimate of drug-likeness (QED) is 0.0444. The average molecular weight is 1340 g/mol. The largest absolute Gasteiger partial charge is 0.497 e. The van der Waals surface area contributed by atoms with Crippen LogP contribution < -0.4 is 36.7 Å². The number of aliphatic hydroxyl groups is 1. The van der Waals surface area contributed by atoms with Crippen molar-refractivity contribution in [2.45, 2.75) is 88.3 Å². The summed E-state index contributed by atoms with van der Waals surface area (Å²) in [6.45, 7) is 7.19. The number of nitrogens with one attached hydrogen (secondary N) is 1. The number of halogens is 3. The van der Waals surface area contributed by atoms with Gasteiger partial charge >= 0.3 is 0 Å². The third-order valence-corrected chi connectivity index (χ3v) is 20.7. The summed E-state index contributed by atoms with van der Waals surface area (Å²) < 4.78 is 23.5. The maximum atomic E-state index is 11.8. The molecule has 3 fully saturated rings. The van der Waals surface area contributed by atoms with Crippen molar-refractivity contribution in [1.29, 1.82) is 0 Å². The van der Waals surface area contributed by atoms with Gasteiger partial charge in [0.25, 0.3) is 0 Å². The number of aromatic nitrogens is 9. The van der Waals surface area contributed by atoms with Gasteiger partial charge in [-0.25, -0.2) is 29.9 Å². The highest BCUT2D eigenvalue weighted by Gasteiger charge is 2.28. The predicted molar refractivity (Wildman–Crippen MR) is 347 cm³/mol. The van der Waals surface area contributed by atoms with Gasteiger partial charge in [-0.2, -0.15) is 0 Å². The van der Waals surface area contributed by atoms with Crippen molar-refractivity contribution >= 4 is 137 Å². The first-order valence-corrected chi connectivity index (χ1v) is 32.4. The number of likely N-dealkylation sites (tertiary alicyclic amines) is 2. The molecule has 3 unspecified atom stereocenters. The Hall–Kier alpha value is -6.71. The molecular formula is C60H68BrCl2N15O6S3. The van der Waals surface area contributed by atoms with Crippen LogP contribution >= 0.6 is 74.4 Å². The van der Waals surface area contributed by atoms with Crippen molar-refractivity contribution in [2.75, 3.05) is 84.4 Å². The van der Waals surface area contributed by atoms with E-state index in [1.54, 1.807) is 56.6 Å². The summed E-state index contributed by atoms with van der Waals surface area (Å²) in [5.74, 6) is 4.90. The Balaban J connectivity index is 0.000000145. The van der Waals surface area contributed by atoms with Crippen LogP contribution in [-0.4, -0.2) is 138 Å². The van der Waals surface area contributed by atoms with E-state index in [1.165, 1.54) is 29.9 Å². The zero-order valence-electron chi connectivity index (χ0n) is 48.3. The minimum absolute atomic E-state index is 0.200. The number of carbonyl (C=O) groups is 2. The molecule has 0 aliphatic carbocycles. The van der Waals surface area contributed by atoms with Crippen molar-refractivity contribution in [3.63, 3.8) is 0 Å². The number of hydrogen-bond acceptors (Lipinski definition) is 19. The van der Waals surface area contributed by atoms with Crippen LogP contribution in [0.15, 0.2) is 126 Å². The number of amides is 2. The fourth-order valence-electron chi connectivity index (χ4n) is 10.9. The molecule has 21 nitrogen and oxygen atoms in total. The first kappa shape index (κ1) is 63.3. The Bertz CT molecular complexity index is 3890. The molecule has 0 spiro atoms. The molecule has 3 aliphatic rings. The number of pyridine rings is 3. The van der Waals surface area contributed by atoms with E-state index in [2.05, 4.69) is 49.9 Å². The highest BCUT2D eigenvalue weighted by atomic mass is 79.9. The smallest absolute Gasteiger partial charge is 0.248 e. The Morgan fingerprint density at radius 1 is 0.632 bits per heavy atom.